The van der Waals surface area contributed by atoms with E-state index in [0.29, 0.717) is 5.11 Å². The van der Waals surface area contributed by atoms with Crippen LogP contribution in [0, 0.1) is 6.92 Å². The minimum atomic E-state index is -0.0885. The Morgan fingerprint density at radius 3 is 2.28 bits per heavy atom. The van der Waals surface area contributed by atoms with Gasteiger partial charge in [0.05, 0.1) is 24.9 Å². The minimum Gasteiger partial charge on any atom is -0.378 e. The first-order valence-corrected chi connectivity index (χ1v) is 12.8. The number of para-hydroxylation sites is 1. The Morgan fingerprint density at radius 1 is 0.833 bits per heavy atom. The molecule has 0 radical (unpaired) electrons. The summed E-state index contributed by atoms with van der Waals surface area (Å²) in [6, 6.07) is 29.5. The number of ether oxygens (including phenoxy) is 1. The number of thiocarbonyl (C=S) groups is 1. The van der Waals surface area contributed by atoms with Crippen LogP contribution < -0.4 is 15.1 Å². The molecule has 36 heavy (non-hydrogen) atoms. The summed E-state index contributed by atoms with van der Waals surface area (Å²) in [7, 11) is 0. The zero-order valence-corrected chi connectivity index (χ0v) is 21.1. The third kappa shape index (κ3) is 4.14. The maximum atomic E-state index is 5.95. The first-order chi connectivity index (χ1) is 17.7. The molecule has 0 saturated carbocycles. The highest BCUT2D eigenvalue weighted by atomic mass is 32.1. The number of hydrogen-bond acceptors (Lipinski definition) is 4. The summed E-state index contributed by atoms with van der Waals surface area (Å²) in [6.07, 6.45) is 1.85. The molecular weight excluding hydrogens is 466 g/mol. The molecule has 0 unspecified atom stereocenters. The molecule has 4 aromatic rings. The second-order valence-corrected chi connectivity index (χ2v) is 9.57. The van der Waals surface area contributed by atoms with Gasteiger partial charge in [-0.2, -0.15) is 0 Å². The Morgan fingerprint density at radius 2 is 1.56 bits per heavy atom. The Hall–Kier alpha value is -3.68. The van der Waals surface area contributed by atoms with E-state index in [4.69, 9.17) is 21.9 Å². The maximum Gasteiger partial charge on any atom is 0.174 e. The SMILES string of the molecule is Cc1ccc([C@H]2[C@@H](c3ccccn3)NC(=S)N2c2ccc(N3CCOCC3)cc2)n1-c1ccccc1. The van der Waals surface area contributed by atoms with Crippen molar-refractivity contribution in [2.45, 2.75) is 19.0 Å². The van der Waals surface area contributed by atoms with Crippen molar-refractivity contribution < 1.29 is 4.74 Å². The van der Waals surface area contributed by atoms with E-state index in [0.717, 1.165) is 43.4 Å². The lowest BCUT2D eigenvalue weighted by atomic mass is 10.0. The molecule has 2 fully saturated rings. The molecule has 0 spiro atoms. The van der Waals surface area contributed by atoms with E-state index in [-0.39, 0.29) is 12.1 Å². The number of benzene rings is 2. The molecule has 2 aromatic heterocycles. The lowest BCUT2D eigenvalue weighted by Crippen LogP contribution is -2.36. The number of morpholine rings is 1. The standard InChI is InChI=1S/C29H29N5OS/c1-21-10-15-26(33(21)23-7-3-2-4-8-23)28-27(25-9-5-6-16-30-25)31-29(36)34(28)24-13-11-22(12-14-24)32-17-19-35-20-18-32/h2-16,27-28H,17-20H2,1H3,(H,31,36)/t27-,28+/m1/s1. The van der Waals surface area contributed by atoms with Crippen LogP contribution in [-0.2, 0) is 4.74 Å². The van der Waals surface area contributed by atoms with E-state index >= 15 is 0 Å². The molecule has 2 aliphatic heterocycles. The monoisotopic (exact) mass is 495 g/mol. The van der Waals surface area contributed by atoms with Gasteiger partial charge in [0.1, 0.15) is 6.04 Å². The molecule has 0 bridgehead atoms. The quantitative estimate of drug-likeness (QED) is 0.384. The normalized spacial score (nSPS) is 20.0. The molecule has 2 aliphatic rings. The van der Waals surface area contributed by atoms with Gasteiger partial charge in [0.25, 0.3) is 0 Å². The molecule has 2 aromatic carbocycles. The fraction of sp³-hybridized carbons (Fsp3) is 0.241. The molecule has 182 valence electrons. The number of aromatic nitrogens is 2. The summed E-state index contributed by atoms with van der Waals surface area (Å²) in [5.74, 6) is 0. The number of pyridine rings is 1. The van der Waals surface area contributed by atoms with Gasteiger partial charge in [0.15, 0.2) is 5.11 Å². The predicted octanol–water partition coefficient (Wildman–Crippen LogP) is 5.19. The van der Waals surface area contributed by atoms with Crippen molar-refractivity contribution in [3.05, 3.63) is 108 Å². The first kappa shape index (κ1) is 22.8. The summed E-state index contributed by atoms with van der Waals surface area (Å²) in [4.78, 5) is 9.32. The fourth-order valence-electron chi connectivity index (χ4n) is 5.30. The zero-order valence-electron chi connectivity index (χ0n) is 20.2. The van der Waals surface area contributed by atoms with Gasteiger partial charge in [-0.15, -0.1) is 0 Å². The molecule has 0 amide bonds. The van der Waals surface area contributed by atoms with Crippen LogP contribution in [0.1, 0.15) is 29.2 Å². The van der Waals surface area contributed by atoms with Crippen molar-refractivity contribution >= 4 is 28.7 Å². The maximum absolute atomic E-state index is 5.95. The van der Waals surface area contributed by atoms with E-state index in [1.54, 1.807) is 0 Å². The molecule has 2 saturated heterocycles. The summed E-state index contributed by atoms with van der Waals surface area (Å²) in [5.41, 5.74) is 6.72. The van der Waals surface area contributed by atoms with Crippen LogP contribution in [0.4, 0.5) is 11.4 Å². The van der Waals surface area contributed by atoms with E-state index < -0.39 is 0 Å². The number of nitrogens with one attached hydrogen (secondary N) is 1. The van der Waals surface area contributed by atoms with Crippen molar-refractivity contribution in [1.29, 1.82) is 0 Å². The zero-order chi connectivity index (χ0) is 24.5. The van der Waals surface area contributed by atoms with Gasteiger partial charge in [0, 0.05) is 47.7 Å². The van der Waals surface area contributed by atoms with Crippen LogP contribution in [0.3, 0.4) is 0 Å². The topological polar surface area (TPSA) is 45.6 Å². The van der Waals surface area contributed by atoms with Crippen molar-refractivity contribution in [3.8, 4) is 5.69 Å². The lowest BCUT2D eigenvalue weighted by Gasteiger charge is -2.31. The molecule has 7 heteroatoms. The van der Waals surface area contributed by atoms with Crippen molar-refractivity contribution in [1.82, 2.24) is 14.9 Å². The van der Waals surface area contributed by atoms with Gasteiger partial charge in [-0.1, -0.05) is 24.3 Å². The van der Waals surface area contributed by atoms with E-state index in [9.17, 15) is 0 Å². The van der Waals surface area contributed by atoms with Crippen LogP contribution in [-0.4, -0.2) is 41.0 Å². The average Bonchev–Trinajstić information content (AvgIpc) is 3.49. The Kier molecular flexibility index (Phi) is 6.17. The van der Waals surface area contributed by atoms with Crippen LogP contribution in [0.25, 0.3) is 5.69 Å². The fourth-order valence-corrected chi connectivity index (χ4v) is 5.64. The molecule has 2 atom stereocenters. The minimum absolute atomic E-state index is 0.0736. The van der Waals surface area contributed by atoms with Gasteiger partial charge in [-0.25, -0.2) is 0 Å². The Labute approximate surface area is 217 Å². The molecular formula is C29H29N5OS. The smallest absolute Gasteiger partial charge is 0.174 e. The highest BCUT2D eigenvalue weighted by molar-refractivity contribution is 7.80. The van der Waals surface area contributed by atoms with Gasteiger partial charge in [-0.3, -0.25) is 4.98 Å². The van der Waals surface area contributed by atoms with Gasteiger partial charge < -0.3 is 24.4 Å². The predicted molar refractivity (Wildman–Crippen MR) is 148 cm³/mol. The van der Waals surface area contributed by atoms with E-state index in [1.807, 2.05) is 24.4 Å². The molecule has 1 N–H and O–H groups in total. The lowest BCUT2D eigenvalue weighted by molar-refractivity contribution is 0.122. The van der Waals surface area contributed by atoms with Crippen molar-refractivity contribution in [2.75, 3.05) is 36.1 Å². The highest BCUT2D eigenvalue weighted by Crippen LogP contribution is 2.43. The number of aryl methyl sites for hydroxylation is 1. The van der Waals surface area contributed by atoms with E-state index in [2.05, 4.69) is 93.3 Å². The van der Waals surface area contributed by atoms with Crippen LogP contribution in [0.5, 0.6) is 0 Å². The largest absolute Gasteiger partial charge is 0.378 e. The molecule has 6 rings (SSSR count). The third-order valence-electron chi connectivity index (χ3n) is 7.03. The summed E-state index contributed by atoms with van der Waals surface area (Å²) in [6.45, 7) is 5.51. The molecule has 6 nitrogen and oxygen atoms in total. The van der Waals surface area contributed by atoms with Gasteiger partial charge in [0.2, 0.25) is 0 Å². The third-order valence-corrected chi connectivity index (χ3v) is 7.34. The van der Waals surface area contributed by atoms with Crippen molar-refractivity contribution in [3.63, 3.8) is 0 Å². The van der Waals surface area contributed by atoms with Crippen LogP contribution in [0.2, 0.25) is 0 Å². The van der Waals surface area contributed by atoms with Crippen LogP contribution >= 0.6 is 12.2 Å². The summed E-state index contributed by atoms with van der Waals surface area (Å²) >= 11 is 5.95. The second-order valence-electron chi connectivity index (χ2n) is 9.18. The number of rotatable bonds is 5. The highest BCUT2D eigenvalue weighted by Gasteiger charge is 2.42. The summed E-state index contributed by atoms with van der Waals surface area (Å²) in [5, 5.41) is 4.29. The Balaban J connectivity index is 1.44. The molecule has 0 aliphatic carbocycles. The number of hydrogen-bond donors (Lipinski definition) is 1. The molecule has 4 heterocycles. The van der Waals surface area contributed by atoms with Gasteiger partial charge >= 0.3 is 0 Å². The number of nitrogens with zero attached hydrogens (tertiary/aromatic N) is 4. The van der Waals surface area contributed by atoms with E-state index in [1.165, 1.54) is 17.1 Å². The second kappa shape index (κ2) is 9.76. The van der Waals surface area contributed by atoms with Crippen molar-refractivity contribution in [2.24, 2.45) is 0 Å². The first-order valence-electron chi connectivity index (χ1n) is 12.4. The van der Waals surface area contributed by atoms with Gasteiger partial charge in [-0.05, 0) is 79.8 Å². The Bertz CT molecular complexity index is 1330. The average molecular weight is 496 g/mol. The van der Waals surface area contributed by atoms with Crippen LogP contribution in [0.15, 0.2) is 91.1 Å². The summed E-state index contributed by atoms with van der Waals surface area (Å²) < 4.78 is 7.85. The number of anilines is 2.